The lowest BCUT2D eigenvalue weighted by Gasteiger charge is -2.12. The summed E-state index contributed by atoms with van der Waals surface area (Å²) in [7, 11) is 3.29. The number of rotatable bonds is 6. The van der Waals surface area contributed by atoms with Crippen molar-refractivity contribution in [2.45, 2.75) is 17.7 Å². The van der Waals surface area contributed by atoms with Crippen LogP contribution in [0.15, 0.2) is 30.6 Å². The number of hydrogen-bond acceptors (Lipinski definition) is 3. The van der Waals surface area contributed by atoms with Crippen LogP contribution in [0, 0.1) is 0 Å². The number of halogens is 1. The van der Waals surface area contributed by atoms with E-state index in [2.05, 4.69) is 32.0 Å². The first-order chi connectivity index (χ1) is 9.22. The van der Waals surface area contributed by atoms with Crippen molar-refractivity contribution in [2.75, 3.05) is 14.2 Å². The van der Waals surface area contributed by atoms with Crippen LogP contribution in [0.4, 0.5) is 0 Å². The number of benzene rings is 1. The van der Waals surface area contributed by atoms with E-state index in [-0.39, 0.29) is 0 Å². The molecule has 1 atom stereocenters. The van der Waals surface area contributed by atoms with Gasteiger partial charge in [0.15, 0.2) is 11.5 Å². The summed E-state index contributed by atoms with van der Waals surface area (Å²) in [6, 6.07) is 5.99. The van der Waals surface area contributed by atoms with Crippen molar-refractivity contribution >= 4 is 15.9 Å². The van der Waals surface area contributed by atoms with Gasteiger partial charge in [-0.1, -0.05) is 22.0 Å². The minimum absolute atomic E-state index is 0.330. The summed E-state index contributed by atoms with van der Waals surface area (Å²) in [6.45, 7) is 0. The summed E-state index contributed by atoms with van der Waals surface area (Å²) >= 11 is 3.69. The Morgan fingerprint density at radius 1 is 1.21 bits per heavy atom. The van der Waals surface area contributed by atoms with E-state index in [0.29, 0.717) is 4.83 Å². The molecule has 19 heavy (non-hydrogen) atoms. The summed E-state index contributed by atoms with van der Waals surface area (Å²) in [5.41, 5.74) is 1.20. The Labute approximate surface area is 121 Å². The van der Waals surface area contributed by atoms with Gasteiger partial charge in [-0.25, -0.2) is 4.98 Å². The smallest absolute Gasteiger partial charge is 0.160 e. The lowest BCUT2D eigenvalue weighted by atomic mass is 10.1. The predicted octanol–water partition coefficient (Wildman–Crippen LogP) is 2.98. The number of aromatic nitrogens is 2. The Morgan fingerprint density at radius 3 is 2.63 bits per heavy atom. The molecule has 4 nitrogen and oxygen atoms in total. The zero-order valence-electron chi connectivity index (χ0n) is 11.0. The highest BCUT2D eigenvalue weighted by molar-refractivity contribution is 9.09. The fraction of sp³-hybridized carbons (Fsp3) is 0.357. The lowest BCUT2D eigenvalue weighted by Crippen LogP contribution is -2.08. The van der Waals surface area contributed by atoms with Crippen LogP contribution in [0.2, 0.25) is 0 Å². The van der Waals surface area contributed by atoms with Gasteiger partial charge in [0.25, 0.3) is 0 Å². The third-order valence-electron chi connectivity index (χ3n) is 2.87. The molecule has 0 aliphatic carbocycles. The van der Waals surface area contributed by atoms with Gasteiger partial charge in [-0.2, -0.15) is 0 Å². The second-order valence-electron chi connectivity index (χ2n) is 4.23. The van der Waals surface area contributed by atoms with Gasteiger partial charge in [0.1, 0.15) is 5.82 Å². The first kappa shape index (κ1) is 13.9. The van der Waals surface area contributed by atoms with Gasteiger partial charge in [0.05, 0.1) is 14.2 Å². The highest BCUT2D eigenvalue weighted by Crippen LogP contribution is 2.28. The zero-order valence-corrected chi connectivity index (χ0v) is 12.6. The number of nitrogens with zero attached hydrogens (tertiary/aromatic N) is 1. The van der Waals surface area contributed by atoms with Crippen LogP contribution in [0.1, 0.15) is 11.4 Å². The molecule has 0 spiro atoms. The topological polar surface area (TPSA) is 47.1 Å². The number of H-pyrrole nitrogens is 1. The minimum atomic E-state index is 0.330. The van der Waals surface area contributed by atoms with Crippen LogP contribution in [0.25, 0.3) is 0 Å². The molecular formula is C14H17BrN2O2. The van der Waals surface area contributed by atoms with Crippen molar-refractivity contribution in [3.8, 4) is 11.5 Å². The minimum Gasteiger partial charge on any atom is -0.493 e. The molecule has 2 aromatic rings. The number of hydrogen-bond donors (Lipinski definition) is 1. The maximum atomic E-state index is 5.31. The maximum absolute atomic E-state index is 5.31. The van der Waals surface area contributed by atoms with Gasteiger partial charge in [0.2, 0.25) is 0 Å². The zero-order chi connectivity index (χ0) is 13.7. The molecule has 0 radical (unpaired) electrons. The second-order valence-corrected chi connectivity index (χ2v) is 5.53. The molecule has 0 aliphatic rings. The molecule has 0 saturated carbocycles. The van der Waals surface area contributed by atoms with Crippen molar-refractivity contribution < 1.29 is 9.47 Å². The van der Waals surface area contributed by atoms with Crippen molar-refractivity contribution in [2.24, 2.45) is 0 Å². The molecule has 1 unspecified atom stereocenters. The largest absolute Gasteiger partial charge is 0.493 e. The number of aromatic amines is 1. The van der Waals surface area contributed by atoms with Crippen LogP contribution in [-0.4, -0.2) is 29.0 Å². The van der Waals surface area contributed by atoms with E-state index in [4.69, 9.17) is 9.47 Å². The molecule has 0 bridgehead atoms. The van der Waals surface area contributed by atoms with E-state index in [0.717, 1.165) is 30.2 Å². The van der Waals surface area contributed by atoms with Gasteiger partial charge < -0.3 is 14.5 Å². The van der Waals surface area contributed by atoms with E-state index in [1.807, 2.05) is 18.3 Å². The van der Waals surface area contributed by atoms with Gasteiger partial charge in [-0.3, -0.25) is 0 Å². The van der Waals surface area contributed by atoms with Crippen molar-refractivity contribution in [3.63, 3.8) is 0 Å². The molecule has 1 aromatic carbocycles. The molecule has 5 heteroatoms. The summed E-state index contributed by atoms with van der Waals surface area (Å²) in [4.78, 5) is 7.67. The van der Waals surface area contributed by atoms with Crippen LogP contribution < -0.4 is 9.47 Å². The number of nitrogens with one attached hydrogen (secondary N) is 1. The Hall–Kier alpha value is -1.49. The quantitative estimate of drug-likeness (QED) is 0.831. The van der Waals surface area contributed by atoms with Crippen molar-refractivity contribution in [1.29, 1.82) is 0 Å². The number of ether oxygens (including phenoxy) is 2. The SMILES string of the molecule is COc1ccc(CC(Br)Cc2ncc[nH]2)cc1OC. The number of alkyl halides is 1. The number of imidazole rings is 1. The van der Waals surface area contributed by atoms with E-state index >= 15 is 0 Å². The Bertz CT molecular complexity index is 514. The highest BCUT2D eigenvalue weighted by Gasteiger charge is 2.11. The van der Waals surface area contributed by atoms with Crippen LogP contribution in [0.3, 0.4) is 0 Å². The van der Waals surface area contributed by atoms with Gasteiger partial charge >= 0.3 is 0 Å². The molecule has 1 aromatic heterocycles. The first-order valence-electron chi connectivity index (χ1n) is 6.06. The molecule has 0 fully saturated rings. The van der Waals surface area contributed by atoms with Crippen molar-refractivity contribution in [3.05, 3.63) is 42.0 Å². The Balaban J connectivity index is 2.02. The summed E-state index contributed by atoms with van der Waals surface area (Å²) in [6.07, 6.45) is 5.37. The van der Waals surface area contributed by atoms with Crippen molar-refractivity contribution in [1.82, 2.24) is 9.97 Å². The first-order valence-corrected chi connectivity index (χ1v) is 6.97. The van der Waals surface area contributed by atoms with Crippen LogP contribution in [-0.2, 0) is 12.8 Å². The normalized spacial score (nSPS) is 12.2. The number of methoxy groups -OCH3 is 2. The van der Waals surface area contributed by atoms with E-state index in [1.165, 1.54) is 5.56 Å². The summed E-state index contributed by atoms with van der Waals surface area (Å²) in [5, 5.41) is 0. The molecular weight excluding hydrogens is 308 g/mol. The fourth-order valence-electron chi connectivity index (χ4n) is 1.95. The molecule has 102 valence electrons. The lowest BCUT2D eigenvalue weighted by molar-refractivity contribution is 0.354. The standard InChI is InChI=1S/C14H17BrN2O2/c1-18-12-4-3-10(8-13(12)19-2)7-11(15)9-14-16-5-6-17-14/h3-6,8,11H,7,9H2,1-2H3,(H,16,17). The predicted molar refractivity (Wildman–Crippen MR) is 78.3 cm³/mol. The van der Waals surface area contributed by atoms with E-state index in [1.54, 1.807) is 20.4 Å². The van der Waals surface area contributed by atoms with Crippen LogP contribution in [0.5, 0.6) is 11.5 Å². The van der Waals surface area contributed by atoms with Gasteiger partial charge in [-0.15, -0.1) is 0 Å². The third kappa shape index (κ3) is 3.73. The fourth-order valence-corrected chi connectivity index (χ4v) is 2.64. The maximum Gasteiger partial charge on any atom is 0.160 e. The monoisotopic (exact) mass is 324 g/mol. The van der Waals surface area contributed by atoms with Gasteiger partial charge in [0, 0.05) is 23.6 Å². The molecule has 0 aliphatic heterocycles. The summed E-state index contributed by atoms with van der Waals surface area (Å²) < 4.78 is 10.5. The Kier molecular flexibility index (Phi) is 4.85. The van der Waals surface area contributed by atoms with Crippen LogP contribution >= 0.6 is 15.9 Å². The average molecular weight is 325 g/mol. The molecule has 0 amide bonds. The molecule has 2 rings (SSSR count). The second kappa shape index (κ2) is 6.61. The molecule has 1 N–H and O–H groups in total. The Morgan fingerprint density at radius 2 is 2.00 bits per heavy atom. The third-order valence-corrected chi connectivity index (χ3v) is 3.52. The highest BCUT2D eigenvalue weighted by atomic mass is 79.9. The van der Waals surface area contributed by atoms with Gasteiger partial charge in [-0.05, 0) is 24.1 Å². The van der Waals surface area contributed by atoms with E-state index in [9.17, 15) is 0 Å². The average Bonchev–Trinajstić information content (AvgIpc) is 2.91. The summed E-state index contributed by atoms with van der Waals surface area (Å²) in [5.74, 6) is 2.50. The van der Waals surface area contributed by atoms with E-state index < -0.39 is 0 Å². The molecule has 1 heterocycles. The molecule has 0 saturated heterocycles.